The molecule has 2 aromatic rings. The number of aromatic nitrogens is 2. The Morgan fingerprint density at radius 2 is 1.95 bits per heavy atom. The fourth-order valence-electron chi connectivity index (χ4n) is 1.79. The topological polar surface area (TPSA) is 78.0 Å². The number of benzene rings is 1. The third-order valence-corrected chi connectivity index (χ3v) is 3.94. The number of nitrogens with zero attached hydrogens (tertiary/aromatic N) is 2. The summed E-state index contributed by atoms with van der Waals surface area (Å²) < 4.78 is 24.3. The molecule has 0 fully saturated rings. The third-order valence-electron chi connectivity index (χ3n) is 2.87. The fraction of sp³-hybridized carbons (Fsp3) is 0.308. The van der Waals surface area contributed by atoms with Crippen LogP contribution in [-0.4, -0.2) is 24.5 Å². The zero-order chi connectivity index (χ0) is 13.9. The Morgan fingerprint density at radius 3 is 2.53 bits per heavy atom. The predicted octanol–water partition coefficient (Wildman–Crippen LogP) is 1.50. The zero-order valence-corrected chi connectivity index (χ0v) is 11.6. The fourth-order valence-corrected chi connectivity index (χ4v) is 2.34. The summed E-state index contributed by atoms with van der Waals surface area (Å²) in [6, 6.07) is 7.76. The van der Waals surface area contributed by atoms with Gasteiger partial charge in [-0.2, -0.15) is 5.10 Å². The van der Waals surface area contributed by atoms with Gasteiger partial charge in [0.15, 0.2) is 9.84 Å². The Kier molecular flexibility index (Phi) is 3.90. The number of nitrogen functional groups attached to an aromatic ring is 1. The smallest absolute Gasteiger partial charge is 0.178 e. The van der Waals surface area contributed by atoms with E-state index in [1.54, 1.807) is 10.9 Å². The van der Waals surface area contributed by atoms with Crippen LogP contribution in [0.4, 0.5) is 5.69 Å². The molecule has 0 saturated heterocycles. The van der Waals surface area contributed by atoms with E-state index >= 15 is 0 Å². The molecule has 0 atom stereocenters. The van der Waals surface area contributed by atoms with Gasteiger partial charge in [-0.25, -0.2) is 8.42 Å². The molecule has 1 aromatic carbocycles. The van der Waals surface area contributed by atoms with Crippen molar-refractivity contribution >= 4 is 15.5 Å². The molecule has 19 heavy (non-hydrogen) atoms. The summed E-state index contributed by atoms with van der Waals surface area (Å²) in [4.78, 5) is 0.264. The molecular weight excluding hydrogens is 262 g/mol. The maximum absolute atomic E-state index is 11.3. The van der Waals surface area contributed by atoms with Crippen molar-refractivity contribution in [2.45, 2.75) is 24.3 Å². The van der Waals surface area contributed by atoms with Crippen LogP contribution in [0.2, 0.25) is 0 Å². The van der Waals surface area contributed by atoms with Crippen LogP contribution < -0.4 is 5.73 Å². The van der Waals surface area contributed by atoms with Crippen LogP contribution in [0.3, 0.4) is 0 Å². The van der Waals surface area contributed by atoms with Gasteiger partial charge in [0.2, 0.25) is 0 Å². The van der Waals surface area contributed by atoms with Crippen molar-refractivity contribution in [3.05, 3.63) is 42.2 Å². The second-order valence-corrected chi connectivity index (χ2v) is 6.57. The number of sulfone groups is 1. The van der Waals surface area contributed by atoms with Gasteiger partial charge >= 0.3 is 0 Å². The lowest BCUT2D eigenvalue weighted by molar-refractivity contribution is 0.576. The normalized spacial score (nSPS) is 11.6. The molecule has 0 aliphatic carbocycles. The second-order valence-electron chi connectivity index (χ2n) is 4.56. The highest BCUT2D eigenvalue weighted by Gasteiger charge is 2.09. The highest BCUT2D eigenvalue weighted by molar-refractivity contribution is 7.90. The third kappa shape index (κ3) is 3.82. The summed E-state index contributed by atoms with van der Waals surface area (Å²) in [6.45, 7) is 0.694. The van der Waals surface area contributed by atoms with Crippen molar-refractivity contribution in [1.82, 2.24) is 9.78 Å². The summed E-state index contributed by atoms with van der Waals surface area (Å²) in [5.41, 5.74) is 7.59. The molecule has 0 unspecified atom stereocenters. The molecule has 102 valence electrons. The van der Waals surface area contributed by atoms with E-state index in [9.17, 15) is 8.42 Å². The number of hydrogen-bond acceptors (Lipinski definition) is 4. The van der Waals surface area contributed by atoms with Crippen LogP contribution in [0, 0.1) is 0 Å². The highest BCUT2D eigenvalue weighted by atomic mass is 32.2. The van der Waals surface area contributed by atoms with Crippen LogP contribution >= 0.6 is 0 Å². The summed E-state index contributed by atoms with van der Waals surface area (Å²) >= 11 is 0. The summed E-state index contributed by atoms with van der Waals surface area (Å²) in [7, 11) is -3.16. The van der Waals surface area contributed by atoms with Gasteiger partial charge in [0, 0.05) is 24.7 Å². The lowest BCUT2D eigenvalue weighted by Crippen LogP contribution is -2.00. The molecule has 6 heteroatoms. The minimum absolute atomic E-state index is 0.264. The van der Waals surface area contributed by atoms with Gasteiger partial charge in [0.1, 0.15) is 4.90 Å². The average molecular weight is 279 g/mol. The van der Waals surface area contributed by atoms with Gasteiger partial charge in [0.05, 0.1) is 6.20 Å². The average Bonchev–Trinajstić information content (AvgIpc) is 2.80. The molecule has 1 aromatic heterocycles. The second kappa shape index (κ2) is 5.44. The highest BCUT2D eigenvalue weighted by Crippen LogP contribution is 2.10. The maximum atomic E-state index is 11.3. The minimum Gasteiger partial charge on any atom is -0.399 e. The summed E-state index contributed by atoms with van der Waals surface area (Å²) in [6.07, 6.45) is 5.95. The lowest BCUT2D eigenvalue weighted by atomic mass is 10.1. The Hall–Kier alpha value is -1.82. The van der Waals surface area contributed by atoms with Crippen molar-refractivity contribution in [2.75, 3.05) is 12.0 Å². The number of nitrogens with two attached hydrogens (primary N) is 1. The van der Waals surface area contributed by atoms with Crippen molar-refractivity contribution < 1.29 is 8.42 Å². The van der Waals surface area contributed by atoms with Crippen LogP contribution in [0.5, 0.6) is 0 Å². The monoisotopic (exact) mass is 279 g/mol. The van der Waals surface area contributed by atoms with Gasteiger partial charge in [-0.15, -0.1) is 0 Å². The van der Waals surface area contributed by atoms with Crippen LogP contribution in [0.1, 0.15) is 12.0 Å². The van der Waals surface area contributed by atoms with E-state index in [1.807, 2.05) is 24.3 Å². The predicted molar refractivity (Wildman–Crippen MR) is 74.5 cm³/mol. The van der Waals surface area contributed by atoms with E-state index in [4.69, 9.17) is 5.73 Å². The maximum Gasteiger partial charge on any atom is 0.178 e. The van der Waals surface area contributed by atoms with E-state index in [0.29, 0.717) is 6.54 Å². The Bertz CT molecular complexity index is 645. The first-order chi connectivity index (χ1) is 8.95. The first-order valence-electron chi connectivity index (χ1n) is 6.02. The molecule has 1 heterocycles. The Labute approximate surface area is 113 Å². The van der Waals surface area contributed by atoms with Gasteiger partial charge in [-0.3, -0.25) is 4.68 Å². The lowest BCUT2D eigenvalue weighted by Gasteiger charge is -2.02. The van der Waals surface area contributed by atoms with Crippen LogP contribution in [-0.2, 0) is 22.8 Å². The Balaban J connectivity index is 1.89. The standard InChI is InChI=1S/C13H17N3O2S/c1-19(17,18)13-9-15-16(10-13)8-2-3-11-4-6-12(14)7-5-11/h4-7,9-10H,2-3,8,14H2,1H3. The van der Waals surface area contributed by atoms with Crippen LogP contribution in [0.25, 0.3) is 0 Å². The van der Waals surface area contributed by atoms with Crippen molar-refractivity contribution in [1.29, 1.82) is 0 Å². The van der Waals surface area contributed by atoms with Crippen LogP contribution in [0.15, 0.2) is 41.6 Å². The van der Waals surface area contributed by atoms with E-state index in [1.165, 1.54) is 18.0 Å². The molecule has 0 aliphatic heterocycles. The molecule has 0 radical (unpaired) electrons. The minimum atomic E-state index is -3.16. The van der Waals surface area contributed by atoms with Gasteiger partial charge in [-0.05, 0) is 30.5 Å². The van der Waals surface area contributed by atoms with E-state index in [-0.39, 0.29) is 4.90 Å². The SMILES string of the molecule is CS(=O)(=O)c1cnn(CCCc2ccc(N)cc2)c1. The first-order valence-corrected chi connectivity index (χ1v) is 7.91. The number of rotatable bonds is 5. The van der Waals surface area contributed by atoms with Crippen molar-refractivity contribution in [3.63, 3.8) is 0 Å². The number of hydrogen-bond donors (Lipinski definition) is 1. The van der Waals surface area contributed by atoms with Gasteiger partial charge in [0.25, 0.3) is 0 Å². The summed E-state index contributed by atoms with van der Waals surface area (Å²) in [5.74, 6) is 0. The molecule has 5 nitrogen and oxygen atoms in total. The summed E-state index contributed by atoms with van der Waals surface area (Å²) in [5, 5.41) is 4.05. The molecule has 0 amide bonds. The molecule has 0 aliphatic rings. The molecule has 0 saturated carbocycles. The zero-order valence-electron chi connectivity index (χ0n) is 10.8. The first kappa shape index (κ1) is 13.6. The largest absolute Gasteiger partial charge is 0.399 e. The van der Waals surface area contributed by atoms with E-state index < -0.39 is 9.84 Å². The van der Waals surface area contributed by atoms with Crippen molar-refractivity contribution in [3.8, 4) is 0 Å². The molecule has 2 N–H and O–H groups in total. The molecule has 0 spiro atoms. The van der Waals surface area contributed by atoms with Gasteiger partial charge < -0.3 is 5.73 Å². The number of anilines is 1. The molecule has 2 rings (SSSR count). The number of aryl methyl sites for hydroxylation is 2. The van der Waals surface area contributed by atoms with E-state index in [0.717, 1.165) is 18.5 Å². The quantitative estimate of drug-likeness (QED) is 0.841. The van der Waals surface area contributed by atoms with Crippen molar-refractivity contribution in [2.24, 2.45) is 0 Å². The molecule has 0 bridgehead atoms. The van der Waals surface area contributed by atoms with E-state index in [2.05, 4.69) is 5.10 Å². The Morgan fingerprint density at radius 1 is 1.26 bits per heavy atom. The molecular formula is C13H17N3O2S. The van der Waals surface area contributed by atoms with Gasteiger partial charge in [-0.1, -0.05) is 12.1 Å².